The molecular weight excluding hydrogens is 367 g/mol. The first kappa shape index (κ1) is 16.7. The maximum Gasteiger partial charge on any atom is 0.436 e. The van der Waals surface area contributed by atoms with Gasteiger partial charge in [-0.3, -0.25) is 4.98 Å². The number of rotatable bonds is 2. The molecule has 3 heterocycles. The Bertz CT molecular complexity index is 1140. The van der Waals surface area contributed by atoms with Crippen molar-refractivity contribution in [1.29, 1.82) is 0 Å². The zero-order chi connectivity index (χ0) is 18.5. The summed E-state index contributed by atoms with van der Waals surface area (Å²) in [5.41, 5.74) is 0.242. The van der Waals surface area contributed by atoms with Crippen LogP contribution < -0.4 is 4.74 Å². The van der Waals surface area contributed by atoms with Crippen molar-refractivity contribution in [3.05, 3.63) is 59.5 Å². The maximum atomic E-state index is 13.3. The number of halogens is 4. The third-order valence-electron chi connectivity index (χ3n) is 4.11. The van der Waals surface area contributed by atoms with E-state index in [1.807, 2.05) is 24.3 Å². The third kappa shape index (κ3) is 2.55. The molecule has 0 saturated heterocycles. The molecule has 3 aromatic heterocycles. The smallest absolute Gasteiger partial charge is 0.436 e. The summed E-state index contributed by atoms with van der Waals surface area (Å²) >= 11 is 6.08. The summed E-state index contributed by atoms with van der Waals surface area (Å²) in [6.07, 6.45) is -1.29. The van der Waals surface area contributed by atoms with Gasteiger partial charge in [-0.1, -0.05) is 23.7 Å². The monoisotopic (exact) mass is 377 g/mol. The van der Waals surface area contributed by atoms with Crippen molar-refractivity contribution in [2.24, 2.45) is 0 Å². The van der Waals surface area contributed by atoms with Crippen LogP contribution in [-0.2, 0) is 6.18 Å². The molecule has 0 aliphatic rings. The second-order valence-corrected chi connectivity index (χ2v) is 6.03. The van der Waals surface area contributed by atoms with Crippen LogP contribution in [0.25, 0.3) is 27.4 Å². The number of benzene rings is 1. The number of hydrogen-bond donors (Lipinski definition) is 0. The standard InChI is InChI=1S/C18H11ClF3N3O/c1-26-14-5-4-13(11-2-3-12-9-23-7-6-10(12)8-11)16-15(19)17(18(20,21)22)24-25(14)16/h2-9H,1H3. The number of hydrogen-bond acceptors (Lipinski definition) is 3. The van der Waals surface area contributed by atoms with E-state index in [1.54, 1.807) is 24.5 Å². The third-order valence-corrected chi connectivity index (χ3v) is 4.47. The Morgan fingerprint density at radius 2 is 1.88 bits per heavy atom. The van der Waals surface area contributed by atoms with Crippen molar-refractivity contribution in [3.63, 3.8) is 0 Å². The fraction of sp³-hybridized carbons (Fsp3) is 0.111. The van der Waals surface area contributed by atoms with E-state index in [0.717, 1.165) is 15.3 Å². The van der Waals surface area contributed by atoms with Gasteiger partial charge in [0.25, 0.3) is 0 Å². The molecule has 0 atom stereocenters. The molecule has 0 N–H and O–H groups in total. The quantitative estimate of drug-likeness (QED) is 0.480. The zero-order valence-electron chi connectivity index (χ0n) is 13.4. The lowest BCUT2D eigenvalue weighted by Gasteiger charge is -2.09. The van der Waals surface area contributed by atoms with Crippen molar-refractivity contribution in [2.75, 3.05) is 7.11 Å². The molecule has 1 aromatic carbocycles. The fourth-order valence-corrected chi connectivity index (χ4v) is 3.24. The van der Waals surface area contributed by atoms with Gasteiger partial charge < -0.3 is 4.74 Å². The summed E-state index contributed by atoms with van der Waals surface area (Å²) in [5, 5.41) is 5.01. The van der Waals surface area contributed by atoms with E-state index in [-0.39, 0.29) is 11.4 Å². The van der Waals surface area contributed by atoms with Gasteiger partial charge in [-0.2, -0.15) is 22.8 Å². The molecule has 0 bridgehead atoms. The van der Waals surface area contributed by atoms with E-state index in [2.05, 4.69) is 10.1 Å². The predicted octanol–water partition coefficient (Wildman–Crippen LogP) is 5.23. The Kier molecular flexibility index (Phi) is 3.77. The van der Waals surface area contributed by atoms with Crippen molar-refractivity contribution >= 4 is 27.9 Å². The van der Waals surface area contributed by atoms with Crippen LogP contribution >= 0.6 is 11.6 Å². The van der Waals surface area contributed by atoms with Gasteiger partial charge >= 0.3 is 6.18 Å². The number of fused-ring (bicyclic) bond motifs is 2. The van der Waals surface area contributed by atoms with Crippen LogP contribution in [0.3, 0.4) is 0 Å². The van der Waals surface area contributed by atoms with Crippen LogP contribution in [0.4, 0.5) is 13.2 Å². The van der Waals surface area contributed by atoms with Crippen LogP contribution in [0.15, 0.2) is 48.8 Å². The fourth-order valence-electron chi connectivity index (χ4n) is 2.91. The van der Waals surface area contributed by atoms with E-state index < -0.39 is 16.9 Å². The second kappa shape index (κ2) is 5.88. The molecule has 132 valence electrons. The predicted molar refractivity (Wildman–Crippen MR) is 92.5 cm³/mol. The van der Waals surface area contributed by atoms with Crippen molar-refractivity contribution in [3.8, 4) is 17.0 Å². The van der Waals surface area contributed by atoms with Gasteiger partial charge in [0.05, 0.1) is 17.6 Å². The maximum absolute atomic E-state index is 13.3. The van der Waals surface area contributed by atoms with Crippen LogP contribution in [0.5, 0.6) is 5.88 Å². The lowest BCUT2D eigenvalue weighted by molar-refractivity contribution is -0.141. The first-order valence-corrected chi connectivity index (χ1v) is 7.94. The number of alkyl halides is 3. The summed E-state index contributed by atoms with van der Waals surface area (Å²) in [6.45, 7) is 0. The molecule has 0 aliphatic heterocycles. The van der Waals surface area contributed by atoms with Crippen LogP contribution in [0.2, 0.25) is 5.02 Å². The minimum absolute atomic E-state index is 0.145. The van der Waals surface area contributed by atoms with Crippen LogP contribution in [0.1, 0.15) is 5.69 Å². The summed E-state index contributed by atoms with van der Waals surface area (Å²) in [7, 11) is 1.36. The molecule has 4 aromatic rings. The number of pyridine rings is 2. The van der Waals surface area contributed by atoms with E-state index in [4.69, 9.17) is 16.3 Å². The highest BCUT2D eigenvalue weighted by Crippen LogP contribution is 2.41. The molecule has 4 nitrogen and oxygen atoms in total. The molecule has 0 saturated carbocycles. The molecule has 0 unspecified atom stereocenters. The normalized spacial score (nSPS) is 12.0. The Labute approximate surface area is 150 Å². The Balaban J connectivity index is 2.04. The highest BCUT2D eigenvalue weighted by atomic mass is 35.5. The number of ether oxygens (including phenoxy) is 1. The van der Waals surface area contributed by atoms with Gasteiger partial charge in [0.15, 0.2) is 5.69 Å². The number of methoxy groups -OCH3 is 1. The van der Waals surface area contributed by atoms with Gasteiger partial charge in [0, 0.05) is 29.4 Å². The van der Waals surface area contributed by atoms with Gasteiger partial charge in [-0.15, -0.1) is 0 Å². The van der Waals surface area contributed by atoms with E-state index in [9.17, 15) is 13.2 Å². The van der Waals surface area contributed by atoms with Gasteiger partial charge in [-0.25, -0.2) is 0 Å². The van der Waals surface area contributed by atoms with E-state index in [1.165, 1.54) is 7.11 Å². The van der Waals surface area contributed by atoms with Gasteiger partial charge in [0.1, 0.15) is 0 Å². The molecule has 0 radical (unpaired) electrons. The van der Waals surface area contributed by atoms with Crippen LogP contribution in [0, 0.1) is 0 Å². The molecule has 4 rings (SSSR count). The summed E-state index contributed by atoms with van der Waals surface area (Å²) in [4.78, 5) is 4.06. The average Bonchev–Trinajstić information content (AvgIpc) is 2.99. The molecule has 26 heavy (non-hydrogen) atoms. The second-order valence-electron chi connectivity index (χ2n) is 5.65. The Hall–Kier alpha value is -2.80. The minimum atomic E-state index is -4.67. The summed E-state index contributed by atoms with van der Waals surface area (Å²) in [5.74, 6) is 0.158. The summed E-state index contributed by atoms with van der Waals surface area (Å²) in [6, 6.07) is 10.6. The van der Waals surface area contributed by atoms with Crippen LogP contribution in [-0.4, -0.2) is 21.7 Å². The lowest BCUT2D eigenvalue weighted by atomic mass is 10.0. The Morgan fingerprint density at radius 3 is 2.62 bits per heavy atom. The Morgan fingerprint density at radius 1 is 1.08 bits per heavy atom. The molecule has 8 heteroatoms. The molecule has 0 fully saturated rings. The molecule has 0 amide bonds. The highest BCUT2D eigenvalue weighted by Gasteiger charge is 2.38. The summed E-state index contributed by atoms with van der Waals surface area (Å²) < 4.78 is 46.0. The average molecular weight is 378 g/mol. The molecule has 0 aliphatic carbocycles. The minimum Gasteiger partial charge on any atom is -0.481 e. The largest absolute Gasteiger partial charge is 0.481 e. The first-order valence-electron chi connectivity index (χ1n) is 7.56. The van der Waals surface area contributed by atoms with Crippen molar-refractivity contribution in [2.45, 2.75) is 6.18 Å². The van der Waals surface area contributed by atoms with E-state index in [0.29, 0.717) is 11.1 Å². The topological polar surface area (TPSA) is 39.4 Å². The zero-order valence-corrected chi connectivity index (χ0v) is 14.1. The number of aromatic nitrogens is 3. The van der Waals surface area contributed by atoms with Crippen molar-refractivity contribution < 1.29 is 17.9 Å². The van der Waals surface area contributed by atoms with Gasteiger partial charge in [0.2, 0.25) is 5.88 Å². The van der Waals surface area contributed by atoms with E-state index >= 15 is 0 Å². The van der Waals surface area contributed by atoms with Crippen molar-refractivity contribution in [1.82, 2.24) is 14.6 Å². The SMILES string of the molecule is COc1ccc(-c2ccc3cnccc3c2)c2c(Cl)c(C(F)(F)F)nn12. The molecule has 0 spiro atoms. The van der Waals surface area contributed by atoms with Gasteiger partial charge in [-0.05, 0) is 29.1 Å². The lowest BCUT2D eigenvalue weighted by Crippen LogP contribution is -2.07. The highest BCUT2D eigenvalue weighted by molar-refractivity contribution is 6.35. The molecular formula is C18H11ClF3N3O. The number of nitrogens with zero attached hydrogens (tertiary/aromatic N) is 3. The first-order chi connectivity index (χ1) is 12.4.